The fourth-order valence-electron chi connectivity index (χ4n) is 7.81. The second-order valence-corrected chi connectivity index (χ2v) is 15.2. The van der Waals surface area contributed by atoms with Gasteiger partial charge in [-0.1, -0.05) is 65.2 Å². The van der Waals surface area contributed by atoms with Gasteiger partial charge in [-0.15, -0.1) is 0 Å². The number of carboxylic acid groups (broad SMARTS) is 1. The molecule has 5 atom stereocenters. The number of rotatable bonds is 11. The van der Waals surface area contributed by atoms with Crippen LogP contribution in [0.5, 0.6) is 0 Å². The first kappa shape index (κ1) is 38.1. The van der Waals surface area contributed by atoms with E-state index in [4.69, 9.17) is 5.21 Å². The molecule has 1 aromatic rings. The van der Waals surface area contributed by atoms with E-state index in [-0.39, 0.29) is 37.4 Å². The van der Waals surface area contributed by atoms with Gasteiger partial charge in [-0.05, 0) is 56.1 Å². The topological polar surface area (TPSA) is 212 Å². The van der Waals surface area contributed by atoms with Crippen LogP contribution >= 0.6 is 0 Å². The lowest BCUT2D eigenvalue weighted by molar-refractivity contribution is -0.272. The van der Waals surface area contributed by atoms with Gasteiger partial charge >= 0.3 is 0 Å². The predicted molar refractivity (Wildman–Crippen MR) is 180 cm³/mol. The van der Waals surface area contributed by atoms with Crippen LogP contribution in [0, 0.1) is 16.0 Å². The van der Waals surface area contributed by atoms with E-state index >= 15 is 0 Å². The Kier molecular flexibility index (Phi) is 12.3. The fourth-order valence-corrected chi connectivity index (χ4v) is 7.81. The van der Waals surface area contributed by atoms with Crippen LogP contribution < -0.4 is 26.5 Å². The molecule has 5 N–H and O–H groups in total. The van der Waals surface area contributed by atoms with E-state index in [1.165, 1.54) is 9.80 Å². The number of carbonyl (C=O) groups excluding carboxylic acids is 5. The number of aliphatic hydroxyl groups is 1. The Labute approximate surface area is 288 Å². The summed E-state index contributed by atoms with van der Waals surface area (Å²) in [5, 5.41) is 37.1. The molecule has 49 heavy (non-hydrogen) atoms. The van der Waals surface area contributed by atoms with Crippen LogP contribution in [-0.4, -0.2) is 94.0 Å². The highest BCUT2D eigenvalue weighted by Crippen LogP contribution is 2.46. The van der Waals surface area contributed by atoms with Crippen molar-refractivity contribution in [3.8, 4) is 0 Å². The highest BCUT2D eigenvalue weighted by Gasteiger charge is 2.57. The summed E-state index contributed by atoms with van der Waals surface area (Å²) in [5.41, 5.74) is -0.862. The van der Waals surface area contributed by atoms with Gasteiger partial charge in [0.1, 0.15) is 18.2 Å². The van der Waals surface area contributed by atoms with Gasteiger partial charge in [0.2, 0.25) is 17.7 Å². The van der Waals surface area contributed by atoms with Crippen LogP contribution in [0.25, 0.3) is 0 Å². The second-order valence-electron chi connectivity index (χ2n) is 15.2. The zero-order chi connectivity index (χ0) is 36.1. The first-order chi connectivity index (χ1) is 23.2. The maximum atomic E-state index is 14.8. The predicted octanol–water partition coefficient (Wildman–Crippen LogP) is 1.38. The number of para-hydroxylation sites is 1. The summed E-state index contributed by atoms with van der Waals surface area (Å²) in [6.45, 7) is 7.69. The van der Waals surface area contributed by atoms with Gasteiger partial charge in [0, 0.05) is 42.7 Å². The first-order valence-electron chi connectivity index (χ1n) is 17.4. The SMILES string of the molecule is CCCC(NC(=O)[C@@H]1C[C@@]2(CC(=O)N(c3ccccc3)C2)CN1C(=O)[C@@H](N(C(=O)[O-])C1CCCC1)C(C)(C)C)[C@H](O)C(=O)NC1CC1.N[O-]. The number of nitrogens with one attached hydrogen (secondary N) is 2. The molecule has 4 fully saturated rings. The van der Waals surface area contributed by atoms with E-state index in [2.05, 4.69) is 16.5 Å². The lowest BCUT2D eigenvalue weighted by Gasteiger charge is -2.46. The largest absolute Gasteiger partial charge is 0.790 e. The third-order valence-corrected chi connectivity index (χ3v) is 10.2. The summed E-state index contributed by atoms with van der Waals surface area (Å²) in [6, 6.07) is 5.86. The van der Waals surface area contributed by atoms with Crippen LogP contribution in [-0.2, 0) is 19.2 Å². The molecule has 2 saturated heterocycles. The van der Waals surface area contributed by atoms with Crippen molar-refractivity contribution >= 4 is 35.4 Å². The van der Waals surface area contributed by atoms with Gasteiger partial charge in [0.25, 0.3) is 5.91 Å². The molecule has 14 nitrogen and oxygen atoms in total. The number of likely N-dealkylation sites (tertiary alicyclic amines) is 1. The monoisotopic (exact) mass is 684 g/mol. The van der Waals surface area contributed by atoms with Gasteiger partial charge in [-0.2, -0.15) is 0 Å². The zero-order valence-electron chi connectivity index (χ0n) is 29.1. The molecule has 14 heteroatoms. The van der Waals surface area contributed by atoms with Crippen LogP contribution in [0.3, 0.4) is 0 Å². The van der Waals surface area contributed by atoms with Crippen LogP contribution in [0.2, 0.25) is 0 Å². The molecule has 2 aliphatic carbocycles. The van der Waals surface area contributed by atoms with Gasteiger partial charge in [0.05, 0.1) is 6.04 Å². The Morgan fingerprint density at radius 2 is 1.69 bits per heavy atom. The fraction of sp³-hybridized carbons (Fsp3) is 0.686. The van der Waals surface area contributed by atoms with Crippen LogP contribution in [0.4, 0.5) is 10.5 Å². The first-order valence-corrected chi connectivity index (χ1v) is 17.4. The lowest BCUT2D eigenvalue weighted by atomic mass is 9.83. The minimum Gasteiger partial charge on any atom is -0.790 e. The van der Waals surface area contributed by atoms with Crippen molar-refractivity contribution in [2.75, 3.05) is 18.0 Å². The van der Waals surface area contributed by atoms with E-state index in [0.29, 0.717) is 32.2 Å². The van der Waals surface area contributed by atoms with Crippen LogP contribution in [0.15, 0.2) is 30.3 Å². The Hall–Kier alpha value is -3.75. The second kappa shape index (κ2) is 15.9. The summed E-state index contributed by atoms with van der Waals surface area (Å²) < 4.78 is 0. The number of nitrogens with two attached hydrogens (primary N) is 1. The molecule has 1 spiro atoms. The van der Waals surface area contributed by atoms with Crippen molar-refractivity contribution in [3.05, 3.63) is 35.5 Å². The number of benzene rings is 1. The molecule has 1 aromatic carbocycles. The maximum Gasteiger partial charge on any atom is 0.251 e. The smallest absolute Gasteiger partial charge is 0.251 e. The number of amides is 5. The highest BCUT2D eigenvalue weighted by atomic mass is 16.4. The standard InChI is InChI=1S/C35H51N5O7.H2NO/c1-5-11-25(28(42)31(44)36-22-16-17-22)37-30(43)26-18-35(19-27(41)38(20-35)23-12-7-6-8-13-23)21-39(26)32(45)29(34(2,3)4)40(33(46)47)24-14-9-10-15-24;1-2/h6-8,12-13,22,24-26,28-29,42H,5,9-11,14-21H2,1-4H3,(H,36,44)(H,37,43)(H,46,47);1H2/q;-1/p-1/t25?,26-,28-,29+,35-;/m0./s1. The van der Waals surface area contributed by atoms with Crippen molar-refractivity contribution < 1.29 is 34.2 Å². The van der Waals surface area contributed by atoms with Gasteiger partial charge in [-0.3, -0.25) is 19.2 Å². The summed E-state index contributed by atoms with van der Waals surface area (Å²) in [6.07, 6.45) is 2.98. The van der Waals surface area contributed by atoms with E-state index < -0.39 is 58.9 Å². The van der Waals surface area contributed by atoms with Gasteiger partial charge in [-0.25, -0.2) is 0 Å². The molecule has 2 aliphatic heterocycles. The van der Waals surface area contributed by atoms with E-state index in [1.807, 2.05) is 58.0 Å². The van der Waals surface area contributed by atoms with Crippen LogP contribution in [0.1, 0.15) is 91.9 Å². The average molecular weight is 685 g/mol. The van der Waals surface area contributed by atoms with E-state index in [9.17, 15) is 34.2 Å². The van der Waals surface area contributed by atoms with Gasteiger partial charge < -0.3 is 51.4 Å². The molecule has 272 valence electrons. The quantitative estimate of drug-likeness (QED) is 0.248. The third kappa shape index (κ3) is 8.71. The number of carbonyl (C=O) groups is 5. The maximum absolute atomic E-state index is 14.8. The Balaban J connectivity index is 0.00000265. The minimum atomic E-state index is -1.47. The van der Waals surface area contributed by atoms with Crippen molar-refractivity contribution in [2.45, 2.75) is 128 Å². The van der Waals surface area contributed by atoms with Crippen molar-refractivity contribution in [1.29, 1.82) is 0 Å². The Bertz CT molecular complexity index is 1350. The molecular formula is C35H52N6O8-2. The molecule has 0 radical (unpaired) electrons. The number of nitrogens with zero attached hydrogens (tertiary/aromatic N) is 3. The molecular weight excluding hydrogens is 632 g/mol. The van der Waals surface area contributed by atoms with Crippen molar-refractivity contribution in [2.24, 2.45) is 16.7 Å². The Morgan fingerprint density at radius 3 is 2.24 bits per heavy atom. The van der Waals surface area contributed by atoms with Crippen molar-refractivity contribution in [1.82, 2.24) is 20.4 Å². The molecule has 5 amide bonds. The lowest BCUT2D eigenvalue weighted by Crippen LogP contribution is -2.63. The minimum absolute atomic E-state index is 0.0336. The average Bonchev–Trinajstić information content (AvgIpc) is 3.43. The molecule has 0 aromatic heterocycles. The Morgan fingerprint density at radius 1 is 1.06 bits per heavy atom. The molecule has 1 unspecified atom stereocenters. The zero-order valence-corrected chi connectivity index (χ0v) is 29.1. The number of anilines is 1. The third-order valence-electron chi connectivity index (χ3n) is 10.2. The molecule has 5 rings (SSSR count). The number of aliphatic hydroxyl groups excluding tert-OH is 1. The summed E-state index contributed by atoms with van der Waals surface area (Å²) in [4.78, 5) is 72.2. The summed E-state index contributed by atoms with van der Waals surface area (Å²) in [5.74, 6) is 1.55. The van der Waals surface area contributed by atoms with E-state index in [1.54, 1.807) is 4.90 Å². The van der Waals surface area contributed by atoms with Gasteiger partial charge in [0.15, 0.2) is 6.10 Å². The van der Waals surface area contributed by atoms with Crippen molar-refractivity contribution in [3.63, 3.8) is 0 Å². The molecule has 2 heterocycles. The molecule has 0 bridgehead atoms. The number of hydrogen-bond acceptors (Lipinski definition) is 9. The normalized spacial score (nSPS) is 24.2. The molecule has 4 aliphatic rings. The highest BCUT2D eigenvalue weighted by molar-refractivity contribution is 5.98. The molecule has 2 saturated carbocycles. The summed E-state index contributed by atoms with van der Waals surface area (Å²) in [7, 11) is 0. The number of hydrogen-bond donors (Lipinski definition) is 4. The summed E-state index contributed by atoms with van der Waals surface area (Å²) >= 11 is 0. The van der Waals surface area contributed by atoms with E-state index in [0.717, 1.165) is 31.4 Å².